The van der Waals surface area contributed by atoms with E-state index in [0.717, 1.165) is 17.8 Å². The fourth-order valence-corrected chi connectivity index (χ4v) is 4.57. The van der Waals surface area contributed by atoms with E-state index in [0.29, 0.717) is 22.3 Å². The first-order valence-corrected chi connectivity index (χ1v) is 10.7. The van der Waals surface area contributed by atoms with Gasteiger partial charge in [0.25, 0.3) is 5.56 Å². The molecule has 7 nitrogen and oxygen atoms in total. The summed E-state index contributed by atoms with van der Waals surface area (Å²) in [6.07, 6.45) is 5.13. The minimum atomic E-state index is -0.761. The summed E-state index contributed by atoms with van der Waals surface area (Å²) < 4.78 is 12.2. The first-order chi connectivity index (χ1) is 14.1. The van der Waals surface area contributed by atoms with E-state index < -0.39 is 12.1 Å². The number of hydrogen-bond acceptors (Lipinski definition) is 7. The summed E-state index contributed by atoms with van der Waals surface area (Å²) in [6.45, 7) is 1.55. The Bertz CT molecular complexity index is 1040. The Balaban J connectivity index is 1.42. The average Bonchev–Trinajstić information content (AvgIpc) is 3.18. The van der Waals surface area contributed by atoms with E-state index in [2.05, 4.69) is 10.1 Å². The zero-order valence-corrected chi connectivity index (χ0v) is 17.1. The molecule has 152 valence electrons. The van der Waals surface area contributed by atoms with E-state index >= 15 is 0 Å². The van der Waals surface area contributed by atoms with Crippen LogP contribution in [0.4, 0.5) is 0 Å². The molecule has 3 aromatic rings. The van der Waals surface area contributed by atoms with Crippen LogP contribution < -0.4 is 10.3 Å². The standard InChI is InChI=1S/C21H23N3O4S/c1-14(28-17-10-6-3-7-11-17)20(26)27-13-16-12-18(25)24-21(22-16)29-19(23-24)15-8-4-2-5-9-15/h3,6-7,10-12,14-15H,2,4-5,8-9,13H2,1H3. The molecule has 8 heteroatoms. The highest BCUT2D eigenvalue weighted by Crippen LogP contribution is 2.34. The summed E-state index contributed by atoms with van der Waals surface area (Å²) in [5.41, 5.74) is 0.155. The largest absolute Gasteiger partial charge is 0.479 e. The SMILES string of the molecule is CC(Oc1ccccc1)C(=O)OCc1cc(=O)n2nc(C3CCCCC3)sc2n1. The molecule has 0 radical (unpaired) electrons. The van der Waals surface area contributed by atoms with Crippen LogP contribution in [0.15, 0.2) is 41.2 Å². The maximum atomic E-state index is 12.4. The van der Waals surface area contributed by atoms with Crippen LogP contribution in [0.2, 0.25) is 0 Å². The highest BCUT2D eigenvalue weighted by Gasteiger charge is 2.21. The first kappa shape index (κ1) is 19.6. The van der Waals surface area contributed by atoms with Crippen LogP contribution in [0.25, 0.3) is 4.96 Å². The quantitative estimate of drug-likeness (QED) is 0.573. The summed E-state index contributed by atoms with van der Waals surface area (Å²) in [5.74, 6) is 0.491. The van der Waals surface area contributed by atoms with Crippen LogP contribution >= 0.6 is 11.3 Å². The van der Waals surface area contributed by atoms with Gasteiger partial charge in [-0.2, -0.15) is 9.61 Å². The Morgan fingerprint density at radius 2 is 2.00 bits per heavy atom. The molecule has 0 amide bonds. The molecule has 4 rings (SSSR count). The lowest BCUT2D eigenvalue weighted by molar-refractivity contribution is -0.152. The van der Waals surface area contributed by atoms with E-state index in [9.17, 15) is 9.59 Å². The van der Waals surface area contributed by atoms with Crippen LogP contribution in [-0.4, -0.2) is 26.7 Å². The van der Waals surface area contributed by atoms with Crippen molar-refractivity contribution in [2.75, 3.05) is 0 Å². The zero-order chi connectivity index (χ0) is 20.2. The number of aromatic nitrogens is 3. The molecule has 0 aliphatic heterocycles. The number of benzene rings is 1. The van der Waals surface area contributed by atoms with Gasteiger partial charge in [0.05, 0.1) is 5.69 Å². The molecule has 1 saturated carbocycles. The lowest BCUT2D eigenvalue weighted by Gasteiger charge is -2.18. The molecule has 0 saturated heterocycles. The second-order valence-electron chi connectivity index (χ2n) is 7.24. The third-order valence-corrected chi connectivity index (χ3v) is 6.09. The van der Waals surface area contributed by atoms with Gasteiger partial charge in [-0.25, -0.2) is 9.78 Å². The van der Waals surface area contributed by atoms with E-state index in [-0.39, 0.29) is 12.2 Å². The summed E-state index contributed by atoms with van der Waals surface area (Å²) in [4.78, 5) is 29.6. The molecule has 1 unspecified atom stereocenters. The number of esters is 1. The molecular weight excluding hydrogens is 390 g/mol. The minimum Gasteiger partial charge on any atom is -0.479 e. The highest BCUT2D eigenvalue weighted by molar-refractivity contribution is 7.16. The molecule has 1 fully saturated rings. The predicted octanol–water partition coefficient (Wildman–Crippen LogP) is 3.71. The second-order valence-corrected chi connectivity index (χ2v) is 8.22. The van der Waals surface area contributed by atoms with Crippen molar-refractivity contribution in [3.8, 4) is 5.75 Å². The van der Waals surface area contributed by atoms with Crippen LogP contribution in [0.1, 0.15) is 55.6 Å². The topological polar surface area (TPSA) is 82.8 Å². The van der Waals surface area contributed by atoms with Gasteiger partial charge in [-0.3, -0.25) is 4.79 Å². The lowest BCUT2D eigenvalue weighted by atomic mass is 9.90. The van der Waals surface area contributed by atoms with Gasteiger partial charge in [-0.15, -0.1) is 0 Å². The fourth-order valence-electron chi connectivity index (χ4n) is 3.47. The molecule has 2 aromatic heterocycles. The average molecular weight is 413 g/mol. The Kier molecular flexibility index (Phi) is 5.89. The first-order valence-electron chi connectivity index (χ1n) is 9.88. The van der Waals surface area contributed by atoms with Gasteiger partial charge >= 0.3 is 5.97 Å². The molecule has 1 aromatic carbocycles. The van der Waals surface area contributed by atoms with E-state index in [4.69, 9.17) is 9.47 Å². The summed E-state index contributed by atoms with van der Waals surface area (Å²) >= 11 is 1.45. The van der Waals surface area contributed by atoms with Crippen molar-refractivity contribution in [3.05, 3.63) is 57.5 Å². The minimum absolute atomic E-state index is 0.0796. The number of carbonyl (C=O) groups excluding carboxylic acids is 1. The van der Waals surface area contributed by atoms with Crippen molar-refractivity contribution in [2.45, 2.75) is 57.7 Å². The zero-order valence-electron chi connectivity index (χ0n) is 16.2. The van der Waals surface area contributed by atoms with Crippen molar-refractivity contribution >= 4 is 22.3 Å². The normalized spacial score (nSPS) is 15.9. The highest BCUT2D eigenvalue weighted by atomic mass is 32.1. The number of hydrogen-bond donors (Lipinski definition) is 0. The van der Waals surface area contributed by atoms with Gasteiger partial charge in [0.1, 0.15) is 17.4 Å². The van der Waals surface area contributed by atoms with Gasteiger partial charge in [0, 0.05) is 12.0 Å². The Hall–Kier alpha value is -2.74. The summed E-state index contributed by atoms with van der Waals surface area (Å²) in [5, 5.41) is 5.45. The Labute approximate surface area is 172 Å². The molecule has 29 heavy (non-hydrogen) atoms. The third kappa shape index (κ3) is 4.64. The number of para-hydroxylation sites is 1. The Morgan fingerprint density at radius 1 is 1.24 bits per heavy atom. The van der Waals surface area contributed by atoms with Gasteiger partial charge in [-0.05, 0) is 31.9 Å². The Morgan fingerprint density at radius 3 is 2.76 bits per heavy atom. The number of carbonyl (C=O) groups is 1. The molecule has 1 aliphatic rings. The number of nitrogens with zero attached hydrogens (tertiary/aromatic N) is 3. The van der Waals surface area contributed by atoms with Crippen molar-refractivity contribution in [2.24, 2.45) is 0 Å². The summed E-state index contributed by atoms with van der Waals surface area (Å²) in [7, 11) is 0. The van der Waals surface area contributed by atoms with Crippen LogP contribution in [0.3, 0.4) is 0 Å². The van der Waals surface area contributed by atoms with Crippen LogP contribution in [0.5, 0.6) is 5.75 Å². The maximum Gasteiger partial charge on any atom is 0.347 e. The number of rotatable bonds is 6. The fraction of sp³-hybridized carbons (Fsp3) is 0.429. The molecule has 0 N–H and O–H groups in total. The van der Waals surface area contributed by atoms with E-state index in [1.807, 2.05) is 18.2 Å². The second kappa shape index (κ2) is 8.73. The van der Waals surface area contributed by atoms with Crippen LogP contribution in [-0.2, 0) is 16.1 Å². The molecule has 2 heterocycles. The lowest BCUT2D eigenvalue weighted by Crippen LogP contribution is -2.26. The molecule has 1 aliphatic carbocycles. The van der Waals surface area contributed by atoms with Crippen molar-refractivity contribution < 1.29 is 14.3 Å². The maximum absolute atomic E-state index is 12.4. The van der Waals surface area contributed by atoms with Gasteiger partial charge in [0.2, 0.25) is 4.96 Å². The van der Waals surface area contributed by atoms with Gasteiger partial charge in [0.15, 0.2) is 6.10 Å². The van der Waals surface area contributed by atoms with E-state index in [1.54, 1.807) is 19.1 Å². The summed E-state index contributed by atoms with van der Waals surface area (Å²) in [6, 6.07) is 10.4. The van der Waals surface area contributed by atoms with Gasteiger partial charge < -0.3 is 9.47 Å². The van der Waals surface area contributed by atoms with Crippen molar-refractivity contribution in [3.63, 3.8) is 0 Å². The van der Waals surface area contributed by atoms with Gasteiger partial charge in [-0.1, -0.05) is 48.8 Å². The third-order valence-electron chi connectivity index (χ3n) is 5.02. The smallest absolute Gasteiger partial charge is 0.347 e. The molecular formula is C21H23N3O4S. The van der Waals surface area contributed by atoms with Crippen LogP contribution in [0, 0.1) is 0 Å². The van der Waals surface area contributed by atoms with E-state index in [1.165, 1.54) is 41.2 Å². The van der Waals surface area contributed by atoms with Crippen molar-refractivity contribution in [1.82, 2.24) is 14.6 Å². The predicted molar refractivity (Wildman–Crippen MR) is 109 cm³/mol. The monoisotopic (exact) mass is 413 g/mol. The molecule has 1 atom stereocenters. The number of ether oxygens (including phenoxy) is 2. The molecule has 0 spiro atoms. The van der Waals surface area contributed by atoms with Crippen molar-refractivity contribution in [1.29, 1.82) is 0 Å². The number of fused-ring (bicyclic) bond motifs is 1. The molecule has 0 bridgehead atoms.